The molecule has 99 valence electrons. The van der Waals surface area contributed by atoms with Gasteiger partial charge in [0.25, 0.3) is 0 Å². The molecule has 0 aromatic carbocycles. The molecular weight excluding hydrogens is 254 g/mol. The standard InChI is InChI=1S/C15H24NSSi/c1-10-11(2)14(12-8-9-17-13(10)12)18(6,7)16-15(3,4)5/h8-9,16H,1-7H3. The Morgan fingerprint density at radius 3 is 2.28 bits per heavy atom. The summed E-state index contributed by atoms with van der Waals surface area (Å²) >= 11 is 1.88. The number of fused-ring (bicyclic) bond motifs is 1. The Balaban J connectivity index is 2.23. The molecule has 1 aliphatic carbocycles. The van der Waals surface area contributed by atoms with Crippen molar-refractivity contribution in [1.29, 1.82) is 0 Å². The van der Waals surface area contributed by atoms with Crippen molar-refractivity contribution in [1.82, 2.24) is 4.98 Å². The molecule has 0 bridgehead atoms. The van der Waals surface area contributed by atoms with Gasteiger partial charge in [-0.05, 0) is 38.0 Å². The average Bonchev–Trinajstić information content (AvgIpc) is 2.67. The van der Waals surface area contributed by atoms with Gasteiger partial charge in [-0.25, -0.2) is 0 Å². The second kappa shape index (κ2) is 4.67. The maximum atomic E-state index is 3.89. The Morgan fingerprint density at radius 2 is 1.72 bits per heavy atom. The van der Waals surface area contributed by atoms with Gasteiger partial charge in [0, 0.05) is 17.0 Å². The van der Waals surface area contributed by atoms with Crippen LogP contribution >= 0.6 is 11.8 Å². The normalized spacial score (nSPS) is 25.3. The van der Waals surface area contributed by atoms with Gasteiger partial charge in [-0.15, -0.1) is 11.8 Å². The summed E-state index contributed by atoms with van der Waals surface area (Å²) in [5.41, 5.74) is 1.78. The second-order valence-corrected chi connectivity index (χ2v) is 11.7. The molecular formula is C15H24NSSi. The molecule has 0 spiro atoms. The number of thioether (sulfide) groups is 1. The molecule has 0 atom stereocenters. The lowest BCUT2D eigenvalue weighted by atomic mass is 10.0. The molecule has 0 aromatic heterocycles. The molecule has 0 aromatic rings. The molecule has 1 N–H and O–H groups in total. The smallest absolute Gasteiger partial charge is 0.128 e. The van der Waals surface area contributed by atoms with Gasteiger partial charge >= 0.3 is 0 Å². The van der Waals surface area contributed by atoms with E-state index in [0.29, 0.717) is 0 Å². The van der Waals surface area contributed by atoms with Gasteiger partial charge in [0.2, 0.25) is 0 Å². The van der Waals surface area contributed by atoms with E-state index in [9.17, 15) is 0 Å². The third-order valence-electron chi connectivity index (χ3n) is 3.53. The minimum Gasteiger partial charge on any atom is -0.332 e. The maximum absolute atomic E-state index is 3.89. The van der Waals surface area contributed by atoms with Crippen LogP contribution in [0.25, 0.3) is 0 Å². The average molecular weight is 279 g/mol. The molecule has 0 unspecified atom stereocenters. The highest BCUT2D eigenvalue weighted by atomic mass is 32.2. The fourth-order valence-electron chi connectivity index (χ4n) is 3.16. The van der Waals surface area contributed by atoms with Gasteiger partial charge in [0.15, 0.2) is 0 Å². The van der Waals surface area contributed by atoms with Gasteiger partial charge in [-0.1, -0.05) is 33.0 Å². The summed E-state index contributed by atoms with van der Waals surface area (Å²) in [5, 5.41) is 3.71. The fraction of sp³-hybridized carbons (Fsp3) is 0.533. The second-order valence-electron chi connectivity index (χ2n) is 6.79. The highest BCUT2D eigenvalue weighted by Gasteiger charge is 2.55. The number of allylic oxidation sites excluding steroid dienone is 1. The first-order chi connectivity index (χ1) is 8.13. The van der Waals surface area contributed by atoms with E-state index in [4.69, 9.17) is 0 Å². The van der Waals surface area contributed by atoms with E-state index in [0.717, 1.165) is 0 Å². The van der Waals surface area contributed by atoms with Crippen molar-refractivity contribution in [3.05, 3.63) is 40.0 Å². The predicted molar refractivity (Wildman–Crippen MR) is 84.7 cm³/mol. The van der Waals surface area contributed by atoms with Gasteiger partial charge in [0.1, 0.15) is 8.24 Å². The molecule has 2 aliphatic rings. The van der Waals surface area contributed by atoms with E-state index in [2.05, 4.69) is 64.2 Å². The van der Waals surface area contributed by atoms with Crippen LogP contribution in [0, 0.1) is 28.5 Å². The van der Waals surface area contributed by atoms with Crippen molar-refractivity contribution >= 4 is 20.0 Å². The predicted octanol–water partition coefficient (Wildman–Crippen LogP) is 4.26. The number of rotatable bonds is 2. The summed E-state index contributed by atoms with van der Waals surface area (Å²) in [5.74, 6) is 4.47. The molecule has 1 aliphatic heterocycles. The number of hydrogen-bond acceptors (Lipinski definition) is 2. The highest BCUT2D eigenvalue weighted by Crippen LogP contribution is 2.63. The van der Waals surface area contributed by atoms with Gasteiger partial charge < -0.3 is 4.98 Å². The zero-order valence-electron chi connectivity index (χ0n) is 12.6. The summed E-state index contributed by atoms with van der Waals surface area (Å²) < 4.78 is 0. The Morgan fingerprint density at radius 1 is 1.11 bits per heavy atom. The summed E-state index contributed by atoms with van der Waals surface area (Å²) in [6, 6.07) is 0. The van der Waals surface area contributed by atoms with Gasteiger partial charge in [0.05, 0.1) is 5.25 Å². The lowest BCUT2D eigenvalue weighted by molar-refractivity contribution is 0.512. The largest absolute Gasteiger partial charge is 0.332 e. The van der Waals surface area contributed by atoms with Crippen molar-refractivity contribution in [3.63, 3.8) is 0 Å². The lowest BCUT2D eigenvalue weighted by Gasteiger charge is -2.40. The summed E-state index contributed by atoms with van der Waals surface area (Å²) in [7, 11) is -1.61. The van der Waals surface area contributed by atoms with Crippen LogP contribution in [0.5, 0.6) is 0 Å². The topological polar surface area (TPSA) is 12.0 Å². The minimum absolute atomic E-state index is 0.176. The molecule has 3 heteroatoms. The summed E-state index contributed by atoms with van der Waals surface area (Å²) in [6.45, 7) is 16.2. The Labute approximate surface area is 118 Å². The van der Waals surface area contributed by atoms with E-state index in [1.165, 1.54) is 23.0 Å². The first-order valence-corrected chi connectivity index (χ1v) is 10.4. The molecule has 18 heavy (non-hydrogen) atoms. The van der Waals surface area contributed by atoms with Crippen LogP contribution in [-0.4, -0.2) is 13.8 Å². The molecule has 1 nitrogen and oxygen atoms in total. The molecule has 2 rings (SSSR count). The molecule has 5 radical (unpaired) electrons. The molecule has 0 saturated heterocycles. The quantitative estimate of drug-likeness (QED) is 0.757. The van der Waals surface area contributed by atoms with E-state index in [1.807, 2.05) is 11.8 Å². The van der Waals surface area contributed by atoms with Crippen molar-refractivity contribution in [2.24, 2.45) is 0 Å². The number of hydrogen-bond donors (Lipinski definition) is 1. The van der Waals surface area contributed by atoms with Gasteiger partial charge in [-0.2, -0.15) is 0 Å². The van der Waals surface area contributed by atoms with Crippen LogP contribution in [0.15, 0.2) is 11.5 Å². The summed E-state index contributed by atoms with van der Waals surface area (Å²) in [4.78, 5) is 3.89. The Kier molecular flexibility index (Phi) is 3.81. The molecule has 0 amide bonds. The van der Waals surface area contributed by atoms with E-state index >= 15 is 0 Å². The van der Waals surface area contributed by atoms with Gasteiger partial charge in [-0.3, -0.25) is 0 Å². The third kappa shape index (κ3) is 2.59. The lowest BCUT2D eigenvalue weighted by Crippen LogP contribution is -2.59. The van der Waals surface area contributed by atoms with E-state index in [1.54, 1.807) is 5.54 Å². The first kappa shape index (κ1) is 14.7. The minimum atomic E-state index is -1.61. The van der Waals surface area contributed by atoms with Crippen LogP contribution in [0.3, 0.4) is 0 Å². The van der Waals surface area contributed by atoms with Crippen LogP contribution in [0.2, 0.25) is 13.1 Å². The third-order valence-corrected chi connectivity index (χ3v) is 7.83. The van der Waals surface area contributed by atoms with Crippen LogP contribution in [0.1, 0.15) is 34.6 Å². The summed E-state index contributed by atoms with van der Waals surface area (Å²) in [6.07, 6.45) is 2.30. The number of nitrogens with one attached hydrogen (secondary N) is 1. The molecule has 1 heterocycles. The van der Waals surface area contributed by atoms with E-state index < -0.39 is 8.24 Å². The van der Waals surface area contributed by atoms with Crippen molar-refractivity contribution in [2.45, 2.75) is 53.3 Å². The zero-order valence-corrected chi connectivity index (χ0v) is 14.4. The first-order valence-electron chi connectivity index (χ1n) is 6.56. The Hall–Kier alpha value is 0.267. The fourth-order valence-corrected chi connectivity index (χ4v) is 8.23. The van der Waals surface area contributed by atoms with Crippen molar-refractivity contribution in [3.8, 4) is 0 Å². The monoisotopic (exact) mass is 278 g/mol. The van der Waals surface area contributed by atoms with Crippen LogP contribution in [0.4, 0.5) is 0 Å². The van der Waals surface area contributed by atoms with Crippen molar-refractivity contribution in [2.75, 3.05) is 0 Å². The maximum Gasteiger partial charge on any atom is 0.128 e. The Bertz CT molecular complexity index is 345. The highest BCUT2D eigenvalue weighted by molar-refractivity contribution is 8.05. The van der Waals surface area contributed by atoms with Crippen molar-refractivity contribution < 1.29 is 0 Å². The van der Waals surface area contributed by atoms with E-state index in [-0.39, 0.29) is 5.54 Å². The molecule has 1 fully saturated rings. The SMILES string of the molecule is C[C]1[C](C)[C]([Si](C)(C)NC(C)(C)C)[C]2C=CS[C]12. The van der Waals surface area contributed by atoms with Crippen LogP contribution < -0.4 is 4.98 Å². The zero-order chi connectivity index (χ0) is 13.7. The molecule has 1 saturated carbocycles. The van der Waals surface area contributed by atoms with Crippen LogP contribution in [-0.2, 0) is 0 Å².